The van der Waals surface area contributed by atoms with Gasteiger partial charge in [0.05, 0.1) is 17.1 Å². The van der Waals surface area contributed by atoms with E-state index in [-0.39, 0.29) is 21.3 Å². The minimum Gasteiger partial charge on any atom is -0.480 e. The molecule has 26 heavy (non-hydrogen) atoms. The van der Waals surface area contributed by atoms with Crippen LogP contribution in [0.1, 0.15) is 44.1 Å². The first kappa shape index (κ1) is 18.9. The lowest BCUT2D eigenvalue weighted by molar-refractivity contribution is -0.151. The van der Waals surface area contributed by atoms with Crippen LogP contribution in [0.25, 0.3) is 0 Å². The van der Waals surface area contributed by atoms with E-state index in [4.69, 9.17) is 23.2 Å². The molecule has 3 rings (SSSR count). The highest BCUT2D eigenvalue weighted by molar-refractivity contribution is 6.38. The zero-order chi connectivity index (χ0) is 19.1. The molecule has 1 saturated carbocycles. The molecule has 7 nitrogen and oxygen atoms in total. The van der Waals surface area contributed by atoms with Gasteiger partial charge in [0, 0.05) is 10.6 Å². The van der Waals surface area contributed by atoms with Crippen LogP contribution in [-0.4, -0.2) is 33.5 Å². The molecule has 4 N–H and O–H groups in total. The number of aliphatic hydroxyl groups is 1. The Balaban J connectivity index is 1.87. The lowest BCUT2D eigenvalue weighted by Gasteiger charge is -2.34. The summed E-state index contributed by atoms with van der Waals surface area (Å²) in [6.45, 7) is 0. The highest BCUT2D eigenvalue weighted by atomic mass is 35.5. The number of hydrogen-bond donors (Lipinski definition) is 4. The lowest BCUT2D eigenvalue weighted by Crippen LogP contribution is -2.56. The van der Waals surface area contributed by atoms with Crippen molar-refractivity contribution in [1.29, 1.82) is 0 Å². The summed E-state index contributed by atoms with van der Waals surface area (Å²) in [7, 11) is 0. The molecule has 1 aliphatic heterocycles. The molecule has 0 saturated heterocycles. The number of anilines is 1. The van der Waals surface area contributed by atoms with Crippen molar-refractivity contribution in [2.45, 2.75) is 49.7 Å². The maximum Gasteiger partial charge on any atom is 0.329 e. The number of nitrogens with one attached hydrogen (secondary N) is 2. The van der Waals surface area contributed by atoms with Crippen LogP contribution in [0.2, 0.25) is 10.0 Å². The van der Waals surface area contributed by atoms with Gasteiger partial charge in [-0.05, 0) is 25.0 Å². The Hall–Kier alpha value is -1.83. The number of carboxylic acid groups (broad SMARTS) is 1. The largest absolute Gasteiger partial charge is 0.480 e. The molecule has 0 bridgehead atoms. The van der Waals surface area contributed by atoms with Gasteiger partial charge in [0.2, 0.25) is 5.91 Å². The molecular formula is C17H18Cl2N2O5. The van der Waals surface area contributed by atoms with E-state index in [0.717, 1.165) is 6.42 Å². The second kappa shape index (κ2) is 6.72. The Labute approximate surface area is 159 Å². The summed E-state index contributed by atoms with van der Waals surface area (Å²) in [6, 6.07) is 2.89. The van der Waals surface area contributed by atoms with E-state index in [9.17, 15) is 24.6 Å². The zero-order valence-electron chi connectivity index (χ0n) is 13.8. The number of aliphatic carboxylic acids is 1. The third kappa shape index (κ3) is 3.04. The number of carboxylic acids is 1. The van der Waals surface area contributed by atoms with Crippen LogP contribution in [0, 0.1) is 0 Å². The minimum absolute atomic E-state index is 0.0276. The maximum atomic E-state index is 12.5. The third-order valence-corrected chi connectivity index (χ3v) is 5.67. The van der Waals surface area contributed by atoms with Crippen molar-refractivity contribution in [3.8, 4) is 0 Å². The number of carbonyl (C=O) groups excluding carboxylic acids is 2. The van der Waals surface area contributed by atoms with Gasteiger partial charge >= 0.3 is 5.97 Å². The summed E-state index contributed by atoms with van der Waals surface area (Å²) in [5.41, 5.74) is -3.40. The van der Waals surface area contributed by atoms with Crippen molar-refractivity contribution in [3.63, 3.8) is 0 Å². The molecule has 0 radical (unpaired) electrons. The molecule has 1 aliphatic carbocycles. The Morgan fingerprint density at radius 3 is 2.38 bits per heavy atom. The molecule has 2 amide bonds. The first-order valence-corrected chi connectivity index (χ1v) is 9.02. The number of amides is 2. The van der Waals surface area contributed by atoms with E-state index in [0.29, 0.717) is 25.7 Å². The van der Waals surface area contributed by atoms with E-state index in [1.54, 1.807) is 0 Å². The van der Waals surface area contributed by atoms with Gasteiger partial charge in [0.1, 0.15) is 5.54 Å². The van der Waals surface area contributed by atoms with Crippen LogP contribution < -0.4 is 10.6 Å². The molecule has 9 heteroatoms. The van der Waals surface area contributed by atoms with Gasteiger partial charge in [0.25, 0.3) is 5.91 Å². The van der Waals surface area contributed by atoms with Crippen molar-refractivity contribution in [1.82, 2.24) is 5.32 Å². The van der Waals surface area contributed by atoms with Gasteiger partial charge in [-0.15, -0.1) is 0 Å². The van der Waals surface area contributed by atoms with E-state index >= 15 is 0 Å². The fraction of sp³-hybridized carbons (Fsp3) is 0.471. The summed E-state index contributed by atoms with van der Waals surface area (Å²) < 4.78 is 0. The summed E-state index contributed by atoms with van der Waals surface area (Å²) in [5.74, 6) is -2.68. The van der Waals surface area contributed by atoms with E-state index in [1.165, 1.54) is 12.1 Å². The first-order chi connectivity index (χ1) is 12.2. The highest BCUT2D eigenvalue weighted by Gasteiger charge is 2.50. The van der Waals surface area contributed by atoms with E-state index in [2.05, 4.69) is 10.6 Å². The third-order valence-electron chi connectivity index (χ3n) is 5.04. The van der Waals surface area contributed by atoms with Gasteiger partial charge in [-0.3, -0.25) is 9.59 Å². The molecule has 1 fully saturated rings. The summed E-state index contributed by atoms with van der Waals surface area (Å²) in [5, 5.41) is 25.7. The molecule has 140 valence electrons. The fourth-order valence-corrected chi connectivity index (χ4v) is 4.19. The van der Waals surface area contributed by atoms with Crippen molar-refractivity contribution < 1.29 is 24.6 Å². The average molecular weight is 401 g/mol. The Bertz CT molecular complexity index is 792. The van der Waals surface area contributed by atoms with Gasteiger partial charge in [-0.25, -0.2) is 4.79 Å². The number of fused-ring (bicyclic) bond motifs is 1. The van der Waals surface area contributed by atoms with Gasteiger partial charge in [-0.2, -0.15) is 0 Å². The molecule has 1 atom stereocenters. The molecule has 0 spiro atoms. The molecule has 0 aromatic heterocycles. The smallest absolute Gasteiger partial charge is 0.329 e. The second-order valence-electron chi connectivity index (χ2n) is 6.77. The SMILES string of the molecule is O=C(CC1(O)C(=O)Nc2c(Cl)ccc(Cl)c21)NC1(C(=O)O)CCCCC1. The number of halogens is 2. The van der Waals surface area contributed by atoms with Crippen molar-refractivity contribution in [2.24, 2.45) is 0 Å². The molecular weight excluding hydrogens is 383 g/mol. The molecule has 1 aromatic carbocycles. The predicted octanol–water partition coefficient (Wildman–Crippen LogP) is 2.43. The van der Waals surface area contributed by atoms with Crippen LogP contribution in [0.4, 0.5) is 5.69 Å². The predicted molar refractivity (Wildman–Crippen MR) is 95.2 cm³/mol. The Kier molecular flexibility index (Phi) is 4.90. The number of hydrogen-bond acceptors (Lipinski definition) is 4. The molecule has 1 unspecified atom stereocenters. The maximum absolute atomic E-state index is 12.5. The zero-order valence-corrected chi connectivity index (χ0v) is 15.3. The normalized spacial score (nSPS) is 23.9. The summed E-state index contributed by atoms with van der Waals surface area (Å²) in [4.78, 5) is 36.6. The quantitative estimate of drug-likeness (QED) is 0.619. The topological polar surface area (TPSA) is 116 Å². The Morgan fingerprint density at radius 1 is 1.15 bits per heavy atom. The van der Waals surface area contributed by atoms with Gasteiger partial charge in [-0.1, -0.05) is 42.5 Å². The second-order valence-corrected chi connectivity index (χ2v) is 7.58. The van der Waals surface area contributed by atoms with Crippen LogP contribution >= 0.6 is 23.2 Å². The van der Waals surface area contributed by atoms with Gasteiger partial charge < -0.3 is 20.8 Å². The fourth-order valence-electron chi connectivity index (χ4n) is 3.67. The molecule has 1 aromatic rings. The first-order valence-electron chi connectivity index (χ1n) is 8.26. The lowest BCUT2D eigenvalue weighted by atomic mass is 9.81. The standard InChI is InChI=1S/C17H18Cl2N2O5/c18-9-4-5-10(19)13-12(9)17(26,14(23)20-13)8-11(22)21-16(15(24)25)6-2-1-3-7-16/h4-5,26H,1-3,6-8H2,(H,20,23)(H,21,22)(H,24,25). The van der Waals surface area contributed by atoms with Crippen LogP contribution in [-0.2, 0) is 20.0 Å². The van der Waals surface area contributed by atoms with E-state index in [1.807, 2.05) is 0 Å². The van der Waals surface area contributed by atoms with Gasteiger partial charge in [0.15, 0.2) is 5.60 Å². The van der Waals surface area contributed by atoms with E-state index < -0.39 is 35.3 Å². The van der Waals surface area contributed by atoms with Crippen LogP contribution in [0.15, 0.2) is 12.1 Å². The van der Waals surface area contributed by atoms with Crippen molar-refractivity contribution in [2.75, 3.05) is 5.32 Å². The molecule has 2 aliphatic rings. The Morgan fingerprint density at radius 2 is 1.77 bits per heavy atom. The molecule has 1 heterocycles. The number of benzene rings is 1. The monoisotopic (exact) mass is 400 g/mol. The van der Waals surface area contributed by atoms with Crippen molar-refractivity contribution >= 4 is 46.7 Å². The van der Waals surface area contributed by atoms with Crippen LogP contribution in [0.3, 0.4) is 0 Å². The number of rotatable bonds is 4. The van der Waals surface area contributed by atoms with Crippen LogP contribution in [0.5, 0.6) is 0 Å². The minimum atomic E-state index is -2.21. The average Bonchev–Trinajstić information content (AvgIpc) is 2.84. The van der Waals surface area contributed by atoms with Crippen molar-refractivity contribution in [3.05, 3.63) is 27.7 Å². The summed E-state index contributed by atoms with van der Waals surface area (Å²) >= 11 is 12.1. The summed E-state index contributed by atoms with van der Waals surface area (Å²) in [6.07, 6.45) is 2.23. The highest BCUT2D eigenvalue weighted by Crippen LogP contribution is 2.46. The number of carbonyl (C=O) groups is 3.